The van der Waals surface area contributed by atoms with E-state index in [4.69, 9.17) is 0 Å². The molecule has 3 rings (SSSR count). The van der Waals surface area contributed by atoms with Crippen molar-refractivity contribution in [3.05, 3.63) is 60.4 Å². The average Bonchev–Trinajstić information content (AvgIpc) is 2.55. The second-order valence-electron chi connectivity index (χ2n) is 5.89. The minimum Gasteiger partial charge on any atom is -0.363 e. The van der Waals surface area contributed by atoms with Crippen molar-refractivity contribution in [2.45, 2.75) is 25.9 Å². The maximum atomic E-state index is 12.6. The fourth-order valence-electron chi connectivity index (χ4n) is 3.27. The number of nitrogens with zero attached hydrogens (tertiary/aromatic N) is 3. The van der Waals surface area contributed by atoms with E-state index in [2.05, 4.69) is 48.0 Å². The molecule has 1 saturated heterocycles. The zero-order valence-electron chi connectivity index (χ0n) is 13.0. The first kappa shape index (κ1) is 14.6. The van der Waals surface area contributed by atoms with Crippen LogP contribution in [0.4, 0.5) is 5.69 Å². The molecule has 22 heavy (non-hydrogen) atoms. The molecule has 2 atom stereocenters. The molecule has 0 aliphatic carbocycles. The van der Waals surface area contributed by atoms with Crippen LogP contribution in [0.1, 0.15) is 24.2 Å². The number of amides is 1. The van der Waals surface area contributed by atoms with E-state index in [1.54, 1.807) is 24.5 Å². The highest BCUT2D eigenvalue weighted by Gasteiger charge is 2.32. The van der Waals surface area contributed by atoms with E-state index < -0.39 is 0 Å². The van der Waals surface area contributed by atoms with Gasteiger partial charge in [-0.15, -0.1) is 0 Å². The summed E-state index contributed by atoms with van der Waals surface area (Å²) in [4.78, 5) is 20.9. The van der Waals surface area contributed by atoms with Gasteiger partial charge in [-0.05, 0) is 38.1 Å². The van der Waals surface area contributed by atoms with Gasteiger partial charge in [0.1, 0.15) is 0 Å². The van der Waals surface area contributed by atoms with Crippen LogP contribution in [0.5, 0.6) is 0 Å². The molecule has 0 saturated carbocycles. The van der Waals surface area contributed by atoms with Crippen molar-refractivity contribution < 1.29 is 4.79 Å². The molecule has 1 aromatic carbocycles. The van der Waals surface area contributed by atoms with Crippen LogP contribution in [0.3, 0.4) is 0 Å². The predicted molar refractivity (Wildman–Crippen MR) is 88.0 cm³/mol. The number of aromatic nitrogens is 1. The lowest BCUT2D eigenvalue weighted by Gasteiger charge is -2.46. The first-order valence-corrected chi connectivity index (χ1v) is 7.69. The molecule has 1 aromatic heterocycles. The molecule has 0 radical (unpaired) electrons. The summed E-state index contributed by atoms with van der Waals surface area (Å²) in [5.41, 5.74) is 1.93. The summed E-state index contributed by atoms with van der Waals surface area (Å²) in [6.07, 6.45) is 3.33. The van der Waals surface area contributed by atoms with Crippen LogP contribution in [0, 0.1) is 0 Å². The average molecular weight is 295 g/mol. The number of carbonyl (C=O) groups is 1. The molecular formula is C18H21N3O. The van der Waals surface area contributed by atoms with E-state index in [9.17, 15) is 4.79 Å². The first-order chi connectivity index (χ1) is 10.7. The zero-order valence-corrected chi connectivity index (χ0v) is 13.0. The van der Waals surface area contributed by atoms with Crippen LogP contribution in [0.2, 0.25) is 0 Å². The van der Waals surface area contributed by atoms with Gasteiger partial charge >= 0.3 is 0 Å². The number of pyridine rings is 1. The monoisotopic (exact) mass is 295 g/mol. The molecule has 0 N–H and O–H groups in total. The van der Waals surface area contributed by atoms with E-state index in [1.807, 2.05) is 11.0 Å². The maximum Gasteiger partial charge on any atom is 0.254 e. The van der Waals surface area contributed by atoms with Crippen LogP contribution >= 0.6 is 0 Å². The Hall–Kier alpha value is -2.36. The predicted octanol–water partition coefficient (Wildman–Crippen LogP) is 2.82. The van der Waals surface area contributed by atoms with Gasteiger partial charge in [0.05, 0.1) is 0 Å². The highest BCUT2D eigenvalue weighted by atomic mass is 16.2. The minimum atomic E-state index is 0.0915. The Bertz CT molecular complexity index is 617. The Morgan fingerprint density at radius 1 is 1.00 bits per heavy atom. The summed E-state index contributed by atoms with van der Waals surface area (Å²) in [7, 11) is 0. The lowest BCUT2D eigenvalue weighted by molar-refractivity contribution is 0.0701. The van der Waals surface area contributed by atoms with Gasteiger partial charge in [-0.2, -0.15) is 0 Å². The Kier molecular flexibility index (Phi) is 4.09. The second kappa shape index (κ2) is 6.18. The second-order valence-corrected chi connectivity index (χ2v) is 5.89. The smallest absolute Gasteiger partial charge is 0.254 e. The molecule has 2 aromatic rings. The van der Waals surface area contributed by atoms with Gasteiger partial charge in [-0.1, -0.05) is 18.2 Å². The number of hydrogen-bond donors (Lipinski definition) is 0. The van der Waals surface area contributed by atoms with Crippen molar-refractivity contribution in [2.24, 2.45) is 0 Å². The Labute approximate surface area is 131 Å². The van der Waals surface area contributed by atoms with E-state index in [1.165, 1.54) is 5.69 Å². The van der Waals surface area contributed by atoms with E-state index in [0.29, 0.717) is 5.56 Å². The minimum absolute atomic E-state index is 0.0915. The Morgan fingerprint density at radius 2 is 1.59 bits per heavy atom. The van der Waals surface area contributed by atoms with Gasteiger partial charge in [0, 0.05) is 48.8 Å². The number of rotatable bonds is 2. The molecule has 1 amide bonds. The van der Waals surface area contributed by atoms with Gasteiger partial charge in [-0.3, -0.25) is 9.78 Å². The van der Waals surface area contributed by atoms with Crippen LogP contribution in [0.25, 0.3) is 0 Å². The Balaban J connectivity index is 1.77. The van der Waals surface area contributed by atoms with Crippen molar-refractivity contribution in [2.75, 3.05) is 18.0 Å². The molecule has 1 aliphatic rings. The number of piperazine rings is 1. The molecular weight excluding hydrogens is 274 g/mol. The van der Waals surface area contributed by atoms with Crippen LogP contribution in [0.15, 0.2) is 54.9 Å². The lowest BCUT2D eigenvalue weighted by atomic mass is 10.1. The van der Waals surface area contributed by atoms with Crippen molar-refractivity contribution >= 4 is 11.6 Å². The van der Waals surface area contributed by atoms with Gasteiger partial charge < -0.3 is 9.80 Å². The fraction of sp³-hybridized carbons (Fsp3) is 0.333. The van der Waals surface area contributed by atoms with Crippen molar-refractivity contribution in [1.29, 1.82) is 0 Å². The topological polar surface area (TPSA) is 36.4 Å². The van der Waals surface area contributed by atoms with E-state index in [0.717, 1.165) is 13.1 Å². The molecule has 114 valence electrons. The fourth-order valence-corrected chi connectivity index (χ4v) is 3.27. The number of para-hydroxylation sites is 1. The van der Waals surface area contributed by atoms with Crippen LogP contribution in [-0.2, 0) is 0 Å². The molecule has 0 bridgehead atoms. The number of carbonyl (C=O) groups excluding carboxylic acids is 1. The third-order valence-corrected chi connectivity index (χ3v) is 4.19. The number of hydrogen-bond acceptors (Lipinski definition) is 3. The molecule has 2 heterocycles. The quantitative estimate of drug-likeness (QED) is 0.855. The third kappa shape index (κ3) is 2.82. The number of benzene rings is 1. The summed E-state index contributed by atoms with van der Waals surface area (Å²) >= 11 is 0. The molecule has 4 nitrogen and oxygen atoms in total. The molecule has 4 heteroatoms. The van der Waals surface area contributed by atoms with Crippen molar-refractivity contribution in [3.63, 3.8) is 0 Å². The summed E-state index contributed by atoms with van der Waals surface area (Å²) in [6.45, 7) is 5.83. The van der Waals surface area contributed by atoms with Gasteiger partial charge in [0.2, 0.25) is 0 Å². The first-order valence-electron chi connectivity index (χ1n) is 7.69. The van der Waals surface area contributed by atoms with Gasteiger partial charge in [-0.25, -0.2) is 0 Å². The number of anilines is 1. The highest BCUT2D eigenvalue weighted by Crippen LogP contribution is 2.25. The molecule has 1 aliphatic heterocycles. The van der Waals surface area contributed by atoms with Gasteiger partial charge in [0.25, 0.3) is 5.91 Å². The van der Waals surface area contributed by atoms with Crippen LogP contribution in [-0.4, -0.2) is 41.0 Å². The maximum absolute atomic E-state index is 12.6. The molecule has 2 unspecified atom stereocenters. The van der Waals surface area contributed by atoms with Crippen LogP contribution < -0.4 is 4.90 Å². The zero-order chi connectivity index (χ0) is 15.5. The van der Waals surface area contributed by atoms with E-state index >= 15 is 0 Å². The van der Waals surface area contributed by atoms with Crippen molar-refractivity contribution in [1.82, 2.24) is 9.88 Å². The summed E-state index contributed by atoms with van der Waals surface area (Å²) in [5.74, 6) is 0.0915. The standard InChI is InChI=1S/C18H21N3O/c1-14-12-20(18(22)16-8-10-19-11-9-16)13-15(2)21(14)17-6-4-3-5-7-17/h3-11,14-15H,12-13H2,1-2H3. The largest absolute Gasteiger partial charge is 0.363 e. The SMILES string of the molecule is CC1CN(C(=O)c2ccncc2)CC(C)N1c1ccccc1. The summed E-state index contributed by atoms with van der Waals surface area (Å²) < 4.78 is 0. The third-order valence-electron chi connectivity index (χ3n) is 4.19. The lowest BCUT2D eigenvalue weighted by Crippen LogP contribution is -2.58. The summed E-state index contributed by atoms with van der Waals surface area (Å²) in [5, 5.41) is 0. The molecule has 0 spiro atoms. The normalized spacial score (nSPS) is 21.7. The highest BCUT2D eigenvalue weighted by molar-refractivity contribution is 5.94. The Morgan fingerprint density at radius 3 is 2.18 bits per heavy atom. The summed E-state index contributed by atoms with van der Waals surface area (Å²) in [6, 6.07) is 14.5. The molecule has 1 fully saturated rings. The van der Waals surface area contributed by atoms with Crippen molar-refractivity contribution in [3.8, 4) is 0 Å². The van der Waals surface area contributed by atoms with E-state index in [-0.39, 0.29) is 18.0 Å². The van der Waals surface area contributed by atoms with Gasteiger partial charge in [0.15, 0.2) is 0 Å².